The van der Waals surface area contributed by atoms with Gasteiger partial charge < -0.3 is 10.1 Å². The quantitative estimate of drug-likeness (QED) is 0.811. The van der Waals surface area contributed by atoms with Crippen molar-refractivity contribution < 1.29 is 13.2 Å². The maximum absolute atomic E-state index is 12.8. The fourth-order valence-electron chi connectivity index (χ4n) is 2.26. The van der Waals surface area contributed by atoms with E-state index in [4.69, 9.17) is 4.74 Å². The van der Waals surface area contributed by atoms with Crippen LogP contribution < -0.4 is 5.32 Å². The molecule has 1 aromatic heterocycles. The maximum atomic E-state index is 12.8. The van der Waals surface area contributed by atoms with E-state index in [9.17, 15) is 8.42 Å². The summed E-state index contributed by atoms with van der Waals surface area (Å²) in [5, 5.41) is 5.12. The van der Waals surface area contributed by atoms with Gasteiger partial charge in [-0.2, -0.15) is 4.31 Å². The highest BCUT2D eigenvalue weighted by molar-refractivity contribution is 7.89. The first-order valence-electron chi connectivity index (χ1n) is 6.94. The zero-order valence-corrected chi connectivity index (χ0v) is 13.6. The molecule has 0 aliphatic carbocycles. The molecule has 5 nitrogen and oxygen atoms in total. The molecule has 1 aliphatic heterocycles. The molecular formula is C13H22N2O3S2. The number of hydrogen-bond donors (Lipinski definition) is 1. The molecule has 0 amide bonds. The third-order valence-electron chi connectivity index (χ3n) is 3.31. The van der Waals surface area contributed by atoms with Gasteiger partial charge in [-0.15, -0.1) is 11.3 Å². The van der Waals surface area contributed by atoms with Crippen LogP contribution in [0.2, 0.25) is 0 Å². The van der Waals surface area contributed by atoms with Gasteiger partial charge in [-0.1, -0.05) is 6.92 Å². The van der Waals surface area contributed by atoms with E-state index >= 15 is 0 Å². The SMILES string of the molecule is CCCNCc1sccc1S(=O)(=O)N1CCOCC1C. The van der Waals surface area contributed by atoms with Crippen LogP contribution in [0.5, 0.6) is 0 Å². The van der Waals surface area contributed by atoms with Crippen LogP contribution in [-0.4, -0.2) is 45.1 Å². The lowest BCUT2D eigenvalue weighted by molar-refractivity contribution is 0.0392. The van der Waals surface area contributed by atoms with Gasteiger partial charge in [0.05, 0.1) is 18.1 Å². The Balaban J connectivity index is 2.19. The van der Waals surface area contributed by atoms with Gasteiger partial charge in [-0.25, -0.2) is 8.42 Å². The number of rotatable bonds is 6. The highest BCUT2D eigenvalue weighted by atomic mass is 32.2. The lowest BCUT2D eigenvalue weighted by atomic mass is 10.3. The van der Waals surface area contributed by atoms with Crippen molar-refractivity contribution in [2.45, 2.75) is 37.8 Å². The molecular weight excluding hydrogens is 296 g/mol. The number of morpholine rings is 1. The van der Waals surface area contributed by atoms with Crippen LogP contribution in [0.25, 0.3) is 0 Å². The molecule has 20 heavy (non-hydrogen) atoms. The Morgan fingerprint density at radius 2 is 2.35 bits per heavy atom. The standard InChI is InChI=1S/C13H22N2O3S2/c1-3-5-14-9-12-13(4-8-19-12)20(16,17)15-6-7-18-10-11(15)2/h4,8,11,14H,3,5-7,9-10H2,1-2H3. The molecule has 1 N–H and O–H groups in total. The van der Waals surface area contributed by atoms with E-state index in [0.717, 1.165) is 17.8 Å². The third-order valence-corrected chi connectivity index (χ3v) is 6.46. The van der Waals surface area contributed by atoms with Crippen molar-refractivity contribution in [1.29, 1.82) is 0 Å². The first kappa shape index (κ1) is 15.9. The summed E-state index contributed by atoms with van der Waals surface area (Å²) in [5.41, 5.74) is 0. The number of hydrogen-bond acceptors (Lipinski definition) is 5. The van der Waals surface area contributed by atoms with Crippen LogP contribution in [0.1, 0.15) is 25.1 Å². The Morgan fingerprint density at radius 1 is 1.55 bits per heavy atom. The Kier molecular flexibility index (Phi) is 5.57. The predicted molar refractivity (Wildman–Crippen MR) is 80.5 cm³/mol. The second-order valence-corrected chi connectivity index (χ2v) is 7.78. The molecule has 1 atom stereocenters. The van der Waals surface area contributed by atoms with E-state index in [1.165, 1.54) is 11.3 Å². The van der Waals surface area contributed by atoms with Gasteiger partial charge in [0, 0.05) is 24.0 Å². The minimum absolute atomic E-state index is 0.106. The van der Waals surface area contributed by atoms with Crippen molar-refractivity contribution in [2.24, 2.45) is 0 Å². The molecule has 0 spiro atoms. The van der Waals surface area contributed by atoms with Crippen molar-refractivity contribution >= 4 is 21.4 Å². The van der Waals surface area contributed by atoms with Crippen molar-refractivity contribution in [2.75, 3.05) is 26.3 Å². The molecule has 1 unspecified atom stereocenters. The molecule has 0 radical (unpaired) electrons. The molecule has 1 aromatic rings. The summed E-state index contributed by atoms with van der Waals surface area (Å²) in [6, 6.07) is 1.61. The molecule has 1 aliphatic rings. The predicted octanol–water partition coefficient (Wildman–Crippen LogP) is 1.66. The van der Waals surface area contributed by atoms with E-state index in [2.05, 4.69) is 12.2 Å². The topological polar surface area (TPSA) is 58.6 Å². The average Bonchev–Trinajstić information content (AvgIpc) is 2.88. The zero-order valence-electron chi connectivity index (χ0n) is 12.0. The minimum Gasteiger partial charge on any atom is -0.378 e. The van der Waals surface area contributed by atoms with Crippen LogP contribution in [0.4, 0.5) is 0 Å². The lowest BCUT2D eigenvalue weighted by Gasteiger charge is -2.32. The van der Waals surface area contributed by atoms with Crippen molar-refractivity contribution in [3.8, 4) is 0 Å². The van der Waals surface area contributed by atoms with Crippen LogP contribution in [-0.2, 0) is 21.3 Å². The number of ether oxygens (including phenoxy) is 1. The van der Waals surface area contributed by atoms with Crippen molar-refractivity contribution in [1.82, 2.24) is 9.62 Å². The van der Waals surface area contributed by atoms with Crippen LogP contribution in [0, 0.1) is 0 Å². The fraction of sp³-hybridized carbons (Fsp3) is 0.692. The van der Waals surface area contributed by atoms with Gasteiger partial charge in [0.2, 0.25) is 10.0 Å². The molecule has 7 heteroatoms. The summed E-state index contributed by atoms with van der Waals surface area (Å²) in [5.74, 6) is 0. The van der Waals surface area contributed by atoms with Gasteiger partial charge in [0.15, 0.2) is 0 Å². The van der Waals surface area contributed by atoms with E-state index in [1.54, 1.807) is 10.4 Å². The number of nitrogens with zero attached hydrogens (tertiary/aromatic N) is 1. The fourth-order valence-corrected chi connectivity index (χ4v) is 5.25. The largest absolute Gasteiger partial charge is 0.378 e. The molecule has 0 saturated carbocycles. The number of thiophene rings is 1. The Labute approximate surface area is 125 Å². The number of nitrogens with one attached hydrogen (secondary N) is 1. The molecule has 0 aromatic carbocycles. The summed E-state index contributed by atoms with van der Waals surface area (Å²) >= 11 is 1.49. The Morgan fingerprint density at radius 3 is 3.05 bits per heavy atom. The maximum Gasteiger partial charge on any atom is 0.244 e. The zero-order chi connectivity index (χ0) is 14.6. The second-order valence-electron chi connectivity index (χ2n) is 4.92. The molecule has 114 valence electrons. The van der Waals surface area contributed by atoms with Gasteiger partial charge in [-0.3, -0.25) is 0 Å². The van der Waals surface area contributed by atoms with Gasteiger partial charge in [0.25, 0.3) is 0 Å². The van der Waals surface area contributed by atoms with Gasteiger partial charge in [0.1, 0.15) is 0 Å². The minimum atomic E-state index is -3.41. The van der Waals surface area contributed by atoms with E-state index in [0.29, 0.717) is 31.2 Å². The summed E-state index contributed by atoms with van der Waals surface area (Å²) in [4.78, 5) is 1.33. The molecule has 2 rings (SSSR count). The Hall–Kier alpha value is -0.470. The Bertz CT molecular complexity index is 527. The highest BCUT2D eigenvalue weighted by Crippen LogP contribution is 2.27. The smallest absolute Gasteiger partial charge is 0.244 e. The molecule has 0 bridgehead atoms. The highest BCUT2D eigenvalue weighted by Gasteiger charge is 2.33. The first-order valence-corrected chi connectivity index (χ1v) is 9.26. The number of sulfonamides is 1. The van der Waals surface area contributed by atoms with E-state index in [1.807, 2.05) is 12.3 Å². The normalized spacial score (nSPS) is 21.2. The summed E-state index contributed by atoms with van der Waals surface area (Å²) in [7, 11) is -3.41. The monoisotopic (exact) mass is 318 g/mol. The van der Waals surface area contributed by atoms with Crippen LogP contribution in [0.15, 0.2) is 16.3 Å². The van der Waals surface area contributed by atoms with Gasteiger partial charge in [-0.05, 0) is 31.3 Å². The molecule has 1 fully saturated rings. The van der Waals surface area contributed by atoms with Crippen LogP contribution in [0.3, 0.4) is 0 Å². The van der Waals surface area contributed by atoms with Crippen molar-refractivity contribution in [3.63, 3.8) is 0 Å². The van der Waals surface area contributed by atoms with Crippen LogP contribution >= 0.6 is 11.3 Å². The summed E-state index contributed by atoms with van der Waals surface area (Å²) in [6.45, 7) is 6.85. The van der Waals surface area contributed by atoms with E-state index in [-0.39, 0.29) is 6.04 Å². The lowest BCUT2D eigenvalue weighted by Crippen LogP contribution is -2.47. The molecule has 2 heterocycles. The molecule has 1 saturated heterocycles. The summed E-state index contributed by atoms with van der Waals surface area (Å²) in [6.07, 6.45) is 1.04. The summed E-state index contributed by atoms with van der Waals surface area (Å²) < 4.78 is 32.4. The van der Waals surface area contributed by atoms with Gasteiger partial charge >= 0.3 is 0 Å². The van der Waals surface area contributed by atoms with E-state index < -0.39 is 10.0 Å². The van der Waals surface area contributed by atoms with Crippen molar-refractivity contribution in [3.05, 3.63) is 16.3 Å². The average molecular weight is 318 g/mol. The third kappa shape index (κ3) is 3.40. The second kappa shape index (κ2) is 7.00. The first-order chi connectivity index (χ1) is 9.57.